The summed E-state index contributed by atoms with van der Waals surface area (Å²) >= 11 is 0. The zero-order chi connectivity index (χ0) is 15.0. The second kappa shape index (κ2) is 8.00. The van der Waals surface area contributed by atoms with Crippen LogP contribution in [0.15, 0.2) is 54.9 Å². The Balaban J connectivity index is 0.000000461. The summed E-state index contributed by atoms with van der Waals surface area (Å²) in [5.74, 6) is 0. The molecule has 0 atom stereocenters. The molecule has 106 valence electrons. The quantitative estimate of drug-likeness (QED) is 0.654. The molecule has 2 aromatic heterocycles. The first-order valence-electron chi connectivity index (χ1n) is 7.13. The van der Waals surface area contributed by atoms with Crippen molar-refractivity contribution in [3.05, 3.63) is 54.9 Å². The minimum Gasteiger partial charge on any atom is -0.398 e. The number of hydrogen-bond donors (Lipinski definition) is 1. The Morgan fingerprint density at radius 2 is 1.55 bits per heavy atom. The van der Waals surface area contributed by atoms with Crippen LogP contribution < -0.4 is 5.73 Å². The molecule has 3 aromatic rings. The monoisotopic (exact) mass is 269 g/mol. The lowest BCUT2D eigenvalue weighted by atomic mass is 10.1. The Morgan fingerprint density at radius 1 is 0.900 bits per heavy atom. The maximum atomic E-state index is 5.93. The Hall–Kier alpha value is -2.29. The van der Waals surface area contributed by atoms with Crippen LogP contribution in [-0.4, -0.2) is 9.38 Å². The summed E-state index contributed by atoms with van der Waals surface area (Å²) in [5, 5.41) is 0. The average Bonchev–Trinajstić information content (AvgIpc) is 2.95. The molecule has 3 heteroatoms. The first-order chi connectivity index (χ1) is 9.84. The van der Waals surface area contributed by atoms with Crippen molar-refractivity contribution < 1.29 is 0 Å². The van der Waals surface area contributed by atoms with Gasteiger partial charge in [-0.25, -0.2) is 4.98 Å². The third kappa shape index (κ3) is 3.38. The van der Waals surface area contributed by atoms with Crippen LogP contribution >= 0.6 is 0 Å². The van der Waals surface area contributed by atoms with E-state index in [4.69, 9.17) is 5.73 Å². The lowest BCUT2D eigenvalue weighted by Crippen LogP contribution is -1.88. The first kappa shape index (κ1) is 15.8. The molecule has 0 spiro atoms. The van der Waals surface area contributed by atoms with E-state index in [1.807, 2.05) is 87.0 Å². The highest BCUT2D eigenvalue weighted by Gasteiger charge is 2.05. The van der Waals surface area contributed by atoms with Crippen LogP contribution in [0.25, 0.3) is 16.9 Å². The van der Waals surface area contributed by atoms with Gasteiger partial charge in [0.2, 0.25) is 0 Å². The number of nitrogen functional groups attached to an aromatic ring is 1. The van der Waals surface area contributed by atoms with E-state index in [2.05, 4.69) is 4.98 Å². The van der Waals surface area contributed by atoms with Crippen molar-refractivity contribution in [1.82, 2.24) is 9.38 Å². The van der Waals surface area contributed by atoms with Gasteiger partial charge in [-0.2, -0.15) is 0 Å². The molecule has 0 saturated carbocycles. The molecule has 0 radical (unpaired) electrons. The van der Waals surface area contributed by atoms with Gasteiger partial charge in [0.1, 0.15) is 5.65 Å². The van der Waals surface area contributed by atoms with Gasteiger partial charge < -0.3 is 10.1 Å². The molecule has 20 heavy (non-hydrogen) atoms. The van der Waals surface area contributed by atoms with Crippen molar-refractivity contribution in [2.75, 3.05) is 5.73 Å². The van der Waals surface area contributed by atoms with E-state index >= 15 is 0 Å². The van der Waals surface area contributed by atoms with Gasteiger partial charge in [-0.1, -0.05) is 52.0 Å². The molecule has 0 aliphatic carbocycles. The second-order valence-corrected chi connectivity index (χ2v) is 3.68. The summed E-state index contributed by atoms with van der Waals surface area (Å²) in [6, 6.07) is 13.7. The number of nitrogens with zero attached hydrogens (tertiary/aromatic N) is 2. The van der Waals surface area contributed by atoms with E-state index in [0.29, 0.717) is 0 Å². The van der Waals surface area contributed by atoms with Gasteiger partial charge in [0.15, 0.2) is 0 Å². The molecule has 3 nitrogen and oxygen atoms in total. The molecule has 0 fully saturated rings. The van der Waals surface area contributed by atoms with Gasteiger partial charge in [-0.3, -0.25) is 0 Å². The fraction of sp³-hybridized carbons (Fsp3) is 0.235. The van der Waals surface area contributed by atoms with E-state index in [9.17, 15) is 0 Å². The topological polar surface area (TPSA) is 43.3 Å². The van der Waals surface area contributed by atoms with Gasteiger partial charge in [-0.05, 0) is 18.2 Å². The molecule has 2 N–H and O–H groups in total. The van der Waals surface area contributed by atoms with Crippen LogP contribution in [0.4, 0.5) is 5.69 Å². The molecular weight excluding hydrogens is 246 g/mol. The van der Waals surface area contributed by atoms with Crippen LogP contribution in [0.5, 0.6) is 0 Å². The van der Waals surface area contributed by atoms with E-state index in [-0.39, 0.29) is 0 Å². The molecule has 2 heterocycles. The predicted molar refractivity (Wildman–Crippen MR) is 87.7 cm³/mol. The van der Waals surface area contributed by atoms with Crippen LogP contribution in [-0.2, 0) is 0 Å². The number of fused-ring (bicyclic) bond motifs is 1. The van der Waals surface area contributed by atoms with Crippen molar-refractivity contribution in [3.63, 3.8) is 0 Å². The maximum absolute atomic E-state index is 5.93. The predicted octanol–water partition coefficient (Wildman–Crippen LogP) is 4.64. The number of nitrogens with two attached hydrogens (primary N) is 1. The number of aromatic nitrogens is 2. The summed E-state index contributed by atoms with van der Waals surface area (Å²) < 4.78 is 1.99. The number of para-hydroxylation sites is 1. The molecule has 0 unspecified atom stereocenters. The van der Waals surface area contributed by atoms with Crippen molar-refractivity contribution in [1.29, 1.82) is 0 Å². The number of hydrogen-bond acceptors (Lipinski definition) is 2. The fourth-order valence-corrected chi connectivity index (χ4v) is 1.79. The van der Waals surface area contributed by atoms with Gasteiger partial charge in [0.05, 0.1) is 5.69 Å². The highest BCUT2D eigenvalue weighted by Crippen LogP contribution is 2.24. The largest absolute Gasteiger partial charge is 0.398 e. The SMILES string of the molecule is CC.CC.Nc1ccccc1-c1cn2ccccc2n1. The molecule has 0 saturated heterocycles. The molecule has 3 rings (SSSR count). The van der Waals surface area contributed by atoms with Crippen LogP contribution in [0.2, 0.25) is 0 Å². The highest BCUT2D eigenvalue weighted by molar-refractivity contribution is 5.74. The van der Waals surface area contributed by atoms with Crippen LogP contribution in [0.1, 0.15) is 27.7 Å². The van der Waals surface area contributed by atoms with Crippen molar-refractivity contribution >= 4 is 11.3 Å². The van der Waals surface area contributed by atoms with E-state index < -0.39 is 0 Å². The minimum absolute atomic E-state index is 0.755. The zero-order valence-electron chi connectivity index (χ0n) is 12.7. The van der Waals surface area contributed by atoms with Crippen molar-refractivity contribution in [2.45, 2.75) is 27.7 Å². The number of benzene rings is 1. The Kier molecular flexibility index (Phi) is 6.30. The summed E-state index contributed by atoms with van der Waals surface area (Å²) in [4.78, 5) is 4.53. The zero-order valence-corrected chi connectivity index (χ0v) is 12.7. The molecule has 0 bridgehead atoms. The molecular formula is C17H23N3. The Labute approximate surface area is 121 Å². The fourth-order valence-electron chi connectivity index (χ4n) is 1.79. The molecule has 1 aromatic carbocycles. The lowest BCUT2D eigenvalue weighted by molar-refractivity contribution is 1.19. The molecule has 0 amide bonds. The number of imidazole rings is 1. The highest BCUT2D eigenvalue weighted by atomic mass is 15.0. The van der Waals surface area contributed by atoms with Gasteiger partial charge in [-0.15, -0.1) is 0 Å². The van der Waals surface area contributed by atoms with Crippen molar-refractivity contribution in [2.24, 2.45) is 0 Å². The van der Waals surface area contributed by atoms with Crippen LogP contribution in [0, 0.1) is 0 Å². The molecule has 0 aliphatic heterocycles. The normalized spacial score (nSPS) is 9.20. The standard InChI is InChI=1S/C13H11N3.2C2H6/c14-11-6-2-1-5-10(11)12-9-16-8-4-3-7-13(16)15-12;2*1-2/h1-9H,14H2;2*1-2H3. The molecule has 0 aliphatic rings. The Bertz CT molecular complexity index is 608. The van der Waals surface area contributed by atoms with Gasteiger partial charge in [0, 0.05) is 23.6 Å². The number of anilines is 1. The summed E-state index contributed by atoms with van der Waals surface area (Å²) in [7, 11) is 0. The number of rotatable bonds is 1. The van der Waals surface area contributed by atoms with E-state index in [1.165, 1.54) is 0 Å². The summed E-state index contributed by atoms with van der Waals surface area (Å²) in [5.41, 5.74) is 9.50. The smallest absolute Gasteiger partial charge is 0.137 e. The lowest BCUT2D eigenvalue weighted by Gasteiger charge is -1.99. The third-order valence-electron chi connectivity index (χ3n) is 2.60. The van der Waals surface area contributed by atoms with E-state index in [1.54, 1.807) is 0 Å². The van der Waals surface area contributed by atoms with E-state index in [0.717, 1.165) is 22.6 Å². The summed E-state index contributed by atoms with van der Waals surface area (Å²) in [6.07, 6.45) is 3.96. The van der Waals surface area contributed by atoms with Gasteiger partial charge in [0.25, 0.3) is 0 Å². The Morgan fingerprint density at radius 3 is 2.20 bits per heavy atom. The van der Waals surface area contributed by atoms with Crippen molar-refractivity contribution in [3.8, 4) is 11.3 Å². The minimum atomic E-state index is 0.755. The second-order valence-electron chi connectivity index (χ2n) is 3.68. The maximum Gasteiger partial charge on any atom is 0.137 e. The number of pyridine rings is 1. The van der Waals surface area contributed by atoms with Gasteiger partial charge >= 0.3 is 0 Å². The van der Waals surface area contributed by atoms with Crippen LogP contribution in [0.3, 0.4) is 0 Å². The first-order valence-corrected chi connectivity index (χ1v) is 7.13. The average molecular weight is 269 g/mol. The summed E-state index contributed by atoms with van der Waals surface area (Å²) in [6.45, 7) is 8.00. The third-order valence-corrected chi connectivity index (χ3v) is 2.60.